The van der Waals surface area contributed by atoms with E-state index in [1.165, 1.54) is 23.1 Å². The molecule has 5 nitrogen and oxygen atoms in total. The van der Waals surface area contributed by atoms with Gasteiger partial charge in [-0.05, 0) is 19.9 Å². The third kappa shape index (κ3) is 3.51. The molecule has 0 aliphatic heterocycles. The van der Waals surface area contributed by atoms with Gasteiger partial charge < -0.3 is 5.32 Å². The van der Waals surface area contributed by atoms with Crippen LogP contribution in [0.5, 0.6) is 0 Å². The number of hydrogen-bond donors (Lipinski definition) is 1. The zero-order chi connectivity index (χ0) is 13.0. The maximum Gasteiger partial charge on any atom is 0.239 e. The Morgan fingerprint density at radius 2 is 2.17 bits per heavy atom. The molecule has 1 atom stereocenters. The normalized spacial score (nSPS) is 12.1. The van der Waals surface area contributed by atoms with Crippen molar-refractivity contribution in [2.24, 2.45) is 0 Å². The van der Waals surface area contributed by atoms with Gasteiger partial charge in [-0.15, -0.1) is 11.3 Å². The Bertz CT molecular complexity index is 529. The van der Waals surface area contributed by atoms with E-state index in [0.29, 0.717) is 10.3 Å². The predicted molar refractivity (Wildman–Crippen MR) is 72.8 cm³/mol. The second kappa shape index (κ2) is 5.92. The van der Waals surface area contributed by atoms with Gasteiger partial charge in [0.1, 0.15) is 0 Å². The highest BCUT2D eigenvalue weighted by Crippen LogP contribution is 2.21. The summed E-state index contributed by atoms with van der Waals surface area (Å²) in [5.74, 6) is -0.0956. The van der Waals surface area contributed by atoms with Crippen molar-refractivity contribution in [3.05, 3.63) is 29.5 Å². The lowest BCUT2D eigenvalue weighted by atomic mass is 10.4. The van der Waals surface area contributed by atoms with Gasteiger partial charge in [0.2, 0.25) is 5.91 Å². The molecule has 1 amide bonds. The summed E-state index contributed by atoms with van der Waals surface area (Å²) in [6.07, 6.45) is 3.31. The van der Waals surface area contributed by atoms with Crippen molar-refractivity contribution in [3.63, 3.8) is 0 Å². The maximum atomic E-state index is 11.9. The van der Waals surface area contributed by atoms with Crippen molar-refractivity contribution in [1.82, 2.24) is 15.0 Å². The summed E-state index contributed by atoms with van der Waals surface area (Å²) in [7, 11) is 0. The fraction of sp³-hybridized carbons (Fsp3) is 0.273. The van der Waals surface area contributed by atoms with E-state index in [2.05, 4.69) is 20.3 Å². The summed E-state index contributed by atoms with van der Waals surface area (Å²) in [5.41, 5.74) is 0.905. The highest BCUT2D eigenvalue weighted by molar-refractivity contribution is 8.00. The molecular weight excluding hydrogens is 268 g/mol. The molecular formula is C11H12N4OS2. The number of nitrogens with zero attached hydrogens (tertiary/aromatic N) is 3. The van der Waals surface area contributed by atoms with Crippen LogP contribution in [0.4, 0.5) is 5.13 Å². The van der Waals surface area contributed by atoms with Crippen molar-refractivity contribution < 1.29 is 4.79 Å². The number of hydrogen-bond acceptors (Lipinski definition) is 6. The van der Waals surface area contributed by atoms with E-state index in [1.54, 1.807) is 18.5 Å². The third-order valence-electron chi connectivity index (χ3n) is 2.04. The second-order valence-corrected chi connectivity index (χ2v) is 5.74. The number of carbonyl (C=O) groups is 1. The average Bonchev–Trinajstić information content (AvgIpc) is 2.76. The van der Waals surface area contributed by atoms with Crippen LogP contribution < -0.4 is 5.32 Å². The molecule has 0 saturated heterocycles. The van der Waals surface area contributed by atoms with Crippen LogP contribution in [0, 0.1) is 6.92 Å². The Labute approximate surface area is 113 Å². The quantitative estimate of drug-likeness (QED) is 0.688. The number of rotatable bonds is 4. The van der Waals surface area contributed by atoms with Crippen LogP contribution in [0.25, 0.3) is 0 Å². The minimum absolute atomic E-state index is 0.0956. The summed E-state index contributed by atoms with van der Waals surface area (Å²) >= 11 is 2.74. The molecule has 0 radical (unpaired) electrons. The molecule has 94 valence electrons. The van der Waals surface area contributed by atoms with Gasteiger partial charge in [0.05, 0.1) is 10.9 Å². The van der Waals surface area contributed by atoms with Gasteiger partial charge in [-0.25, -0.2) is 15.0 Å². The van der Waals surface area contributed by atoms with Crippen molar-refractivity contribution >= 4 is 34.1 Å². The van der Waals surface area contributed by atoms with Crippen LogP contribution in [0.1, 0.15) is 12.6 Å². The molecule has 0 spiro atoms. The van der Waals surface area contributed by atoms with Gasteiger partial charge in [0.25, 0.3) is 0 Å². The number of thiazole rings is 1. The summed E-state index contributed by atoms with van der Waals surface area (Å²) in [6, 6.07) is 1.74. The van der Waals surface area contributed by atoms with Gasteiger partial charge in [-0.2, -0.15) is 0 Å². The standard InChI is InChI=1S/C11H12N4OS2/c1-7-6-17-11(14-7)15-9(16)8(2)18-10-12-4-3-5-13-10/h3-6,8H,1-2H3,(H,14,15,16). The molecule has 0 aliphatic rings. The highest BCUT2D eigenvalue weighted by Gasteiger charge is 2.16. The van der Waals surface area contributed by atoms with Crippen LogP contribution in [0.3, 0.4) is 0 Å². The number of aryl methyl sites for hydroxylation is 1. The largest absolute Gasteiger partial charge is 0.301 e. The first kappa shape index (κ1) is 13.0. The molecule has 7 heteroatoms. The van der Waals surface area contributed by atoms with Gasteiger partial charge in [-0.3, -0.25) is 4.79 Å². The average molecular weight is 280 g/mol. The van der Waals surface area contributed by atoms with E-state index in [4.69, 9.17) is 0 Å². The minimum atomic E-state index is -0.267. The lowest BCUT2D eigenvalue weighted by molar-refractivity contribution is -0.115. The second-order valence-electron chi connectivity index (χ2n) is 3.57. The van der Waals surface area contributed by atoms with E-state index in [0.717, 1.165) is 5.69 Å². The number of thioether (sulfide) groups is 1. The fourth-order valence-corrected chi connectivity index (χ4v) is 2.59. The van der Waals surface area contributed by atoms with Crippen LogP contribution in [-0.2, 0) is 4.79 Å². The number of anilines is 1. The molecule has 0 bridgehead atoms. The fourth-order valence-electron chi connectivity index (χ4n) is 1.18. The lowest BCUT2D eigenvalue weighted by Gasteiger charge is -2.08. The molecule has 0 saturated carbocycles. The molecule has 1 N–H and O–H groups in total. The summed E-state index contributed by atoms with van der Waals surface area (Å²) < 4.78 is 0. The van der Waals surface area contributed by atoms with Crippen molar-refractivity contribution in [2.45, 2.75) is 24.3 Å². The Morgan fingerprint density at radius 3 is 2.78 bits per heavy atom. The molecule has 0 fully saturated rings. The predicted octanol–water partition coefficient (Wildman–Crippen LogP) is 2.36. The molecule has 0 aliphatic carbocycles. The summed E-state index contributed by atoms with van der Waals surface area (Å²) in [6.45, 7) is 3.71. The van der Waals surface area contributed by atoms with Crippen LogP contribution in [-0.4, -0.2) is 26.1 Å². The topological polar surface area (TPSA) is 67.8 Å². The van der Waals surface area contributed by atoms with Crippen molar-refractivity contribution in [3.8, 4) is 0 Å². The monoisotopic (exact) mass is 280 g/mol. The third-order valence-corrected chi connectivity index (χ3v) is 3.91. The van der Waals surface area contributed by atoms with Gasteiger partial charge in [-0.1, -0.05) is 11.8 Å². The van der Waals surface area contributed by atoms with Gasteiger partial charge in [0.15, 0.2) is 10.3 Å². The number of nitrogens with one attached hydrogen (secondary N) is 1. The van der Waals surface area contributed by atoms with E-state index < -0.39 is 0 Å². The number of amides is 1. The Hall–Kier alpha value is -1.47. The van der Waals surface area contributed by atoms with Gasteiger partial charge >= 0.3 is 0 Å². The number of aromatic nitrogens is 3. The smallest absolute Gasteiger partial charge is 0.239 e. The molecule has 2 aromatic rings. The Kier molecular flexibility index (Phi) is 4.27. The summed E-state index contributed by atoms with van der Waals surface area (Å²) in [5, 5.41) is 5.62. The zero-order valence-corrected chi connectivity index (χ0v) is 11.6. The van der Waals surface area contributed by atoms with Crippen LogP contribution >= 0.6 is 23.1 Å². The van der Waals surface area contributed by atoms with E-state index in [-0.39, 0.29) is 11.2 Å². The lowest BCUT2D eigenvalue weighted by Crippen LogP contribution is -2.22. The molecule has 1 unspecified atom stereocenters. The first-order valence-corrected chi connectivity index (χ1v) is 7.08. The van der Waals surface area contributed by atoms with Crippen LogP contribution in [0.2, 0.25) is 0 Å². The van der Waals surface area contributed by atoms with Gasteiger partial charge in [0, 0.05) is 17.8 Å². The van der Waals surface area contributed by atoms with Crippen molar-refractivity contribution in [2.75, 3.05) is 5.32 Å². The molecule has 2 rings (SSSR count). The summed E-state index contributed by atoms with van der Waals surface area (Å²) in [4.78, 5) is 24.2. The Balaban J connectivity index is 1.93. The molecule has 0 aromatic carbocycles. The Morgan fingerprint density at radius 1 is 1.44 bits per heavy atom. The molecule has 2 aromatic heterocycles. The first-order valence-electron chi connectivity index (χ1n) is 5.32. The first-order chi connectivity index (χ1) is 8.65. The number of carbonyl (C=O) groups excluding carboxylic acids is 1. The van der Waals surface area contributed by atoms with Crippen molar-refractivity contribution in [1.29, 1.82) is 0 Å². The van der Waals surface area contributed by atoms with E-state index >= 15 is 0 Å². The van der Waals surface area contributed by atoms with E-state index in [1.807, 2.05) is 19.2 Å². The SMILES string of the molecule is Cc1csc(NC(=O)C(C)Sc2ncccn2)n1. The van der Waals surface area contributed by atoms with E-state index in [9.17, 15) is 4.79 Å². The maximum absolute atomic E-state index is 11.9. The zero-order valence-electron chi connectivity index (χ0n) is 9.95. The van der Waals surface area contributed by atoms with Crippen LogP contribution in [0.15, 0.2) is 29.0 Å². The molecule has 18 heavy (non-hydrogen) atoms. The minimum Gasteiger partial charge on any atom is -0.301 e. The molecule has 2 heterocycles. The highest BCUT2D eigenvalue weighted by atomic mass is 32.2.